The number of aromatic nitrogens is 1. The number of nitrogens with zero attached hydrogens (tertiary/aromatic N) is 2. The molecule has 0 bridgehead atoms. The SMILES string of the molecule is O=c1c2ccccc2[nH]c2ccc([N+](=O)[O-])c([N+](=O)[O-])c12. The second kappa shape index (κ2) is 4.37. The Morgan fingerprint density at radius 1 is 0.905 bits per heavy atom. The molecule has 1 N–H and O–H groups in total. The number of para-hydroxylation sites is 1. The van der Waals surface area contributed by atoms with Crippen molar-refractivity contribution in [3.05, 3.63) is 66.9 Å². The summed E-state index contributed by atoms with van der Waals surface area (Å²) in [4.78, 5) is 35.7. The van der Waals surface area contributed by atoms with E-state index in [0.717, 1.165) is 6.07 Å². The number of hydrogen-bond acceptors (Lipinski definition) is 5. The molecule has 8 nitrogen and oxygen atoms in total. The van der Waals surface area contributed by atoms with Crippen LogP contribution in [0.5, 0.6) is 0 Å². The Morgan fingerprint density at radius 3 is 2.29 bits per heavy atom. The summed E-state index contributed by atoms with van der Waals surface area (Å²) in [6.45, 7) is 0. The first-order chi connectivity index (χ1) is 10.0. The Labute approximate surface area is 115 Å². The molecule has 3 aromatic rings. The Morgan fingerprint density at radius 2 is 1.62 bits per heavy atom. The highest BCUT2D eigenvalue weighted by Gasteiger charge is 2.29. The van der Waals surface area contributed by atoms with Gasteiger partial charge < -0.3 is 4.98 Å². The predicted molar refractivity (Wildman–Crippen MR) is 75.4 cm³/mol. The van der Waals surface area contributed by atoms with E-state index >= 15 is 0 Å². The molecule has 21 heavy (non-hydrogen) atoms. The van der Waals surface area contributed by atoms with Crippen LogP contribution in [-0.2, 0) is 0 Å². The van der Waals surface area contributed by atoms with Crippen molar-refractivity contribution in [1.82, 2.24) is 4.98 Å². The largest absolute Gasteiger partial charge is 0.359 e. The highest BCUT2D eigenvalue weighted by Crippen LogP contribution is 2.33. The van der Waals surface area contributed by atoms with Crippen molar-refractivity contribution in [3.8, 4) is 0 Å². The smallest absolute Gasteiger partial charge is 0.354 e. The molecular formula is C13H7N3O5. The number of benzene rings is 2. The summed E-state index contributed by atoms with van der Waals surface area (Å²) in [5.41, 5.74) is -1.39. The molecule has 0 aliphatic carbocycles. The molecule has 0 spiro atoms. The number of fused-ring (bicyclic) bond motifs is 2. The van der Waals surface area contributed by atoms with E-state index in [0.29, 0.717) is 5.52 Å². The maximum Gasteiger partial charge on any atom is 0.359 e. The maximum atomic E-state index is 12.4. The van der Waals surface area contributed by atoms with Crippen LogP contribution in [-0.4, -0.2) is 14.8 Å². The molecule has 0 atom stereocenters. The van der Waals surface area contributed by atoms with E-state index in [1.807, 2.05) is 0 Å². The topological polar surface area (TPSA) is 119 Å². The van der Waals surface area contributed by atoms with E-state index in [4.69, 9.17) is 0 Å². The molecule has 0 fully saturated rings. The number of nitro groups is 2. The van der Waals surface area contributed by atoms with E-state index < -0.39 is 26.7 Å². The summed E-state index contributed by atoms with van der Waals surface area (Å²) in [5, 5.41) is 22.1. The van der Waals surface area contributed by atoms with Crippen LogP contribution in [0.2, 0.25) is 0 Å². The van der Waals surface area contributed by atoms with E-state index in [-0.39, 0.29) is 16.3 Å². The number of rotatable bonds is 2. The Hall–Kier alpha value is -3.29. The monoisotopic (exact) mass is 285 g/mol. The van der Waals surface area contributed by atoms with Gasteiger partial charge in [0.05, 0.1) is 15.4 Å². The Bertz CT molecular complexity index is 977. The third-order valence-corrected chi connectivity index (χ3v) is 3.20. The summed E-state index contributed by atoms with van der Waals surface area (Å²) in [5.74, 6) is 0. The van der Waals surface area contributed by atoms with Crippen molar-refractivity contribution in [3.63, 3.8) is 0 Å². The minimum atomic E-state index is -0.898. The van der Waals surface area contributed by atoms with E-state index in [1.54, 1.807) is 18.2 Å². The number of aromatic amines is 1. The summed E-state index contributed by atoms with van der Waals surface area (Å²) in [6.07, 6.45) is 0. The minimum absolute atomic E-state index is 0.191. The highest BCUT2D eigenvalue weighted by molar-refractivity contribution is 5.99. The van der Waals surface area contributed by atoms with Crippen LogP contribution >= 0.6 is 0 Å². The van der Waals surface area contributed by atoms with Crippen LogP contribution in [0.15, 0.2) is 41.2 Å². The van der Waals surface area contributed by atoms with Gasteiger partial charge in [-0.3, -0.25) is 25.0 Å². The lowest BCUT2D eigenvalue weighted by atomic mass is 10.1. The van der Waals surface area contributed by atoms with Gasteiger partial charge in [0.2, 0.25) is 5.43 Å². The first kappa shape index (κ1) is 12.7. The lowest BCUT2D eigenvalue weighted by molar-refractivity contribution is -0.421. The quantitative estimate of drug-likeness (QED) is 0.440. The summed E-state index contributed by atoms with van der Waals surface area (Å²) >= 11 is 0. The minimum Gasteiger partial charge on any atom is -0.354 e. The normalized spacial score (nSPS) is 10.9. The third-order valence-electron chi connectivity index (χ3n) is 3.20. The number of nitrogens with one attached hydrogen (secondary N) is 1. The van der Waals surface area contributed by atoms with Crippen LogP contribution in [0.3, 0.4) is 0 Å². The number of nitro benzene ring substituents is 2. The molecule has 0 radical (unpaired) electrons. The summed E-state index contributed by atoms with van der Waals surface area (Å²) in [7, 11) is 0. The van der Waals surface area contributed by atoms with Crippen molar-refractivity contribution in [1.29, 1.82) is 0 Å². The summed E-state index contributed by atoms with van der Waals surface area (Å²) < 4.78 is 0. The lowest BCUT2D eigenvalue weighted by Gasteiger charge is -2.03. The van der Waals surface area contributed by atoms with Crippen molar-refractivity contribution in [2.45, 2.75) is 0 Å². The molecule has 0 saturated carbocycles. The average Bonchev–Trinajstić information content (AvgIpc) is 2.46. The van der Waals surface area contributed by atoms with Crippen molar-refractivity contribution in [2.75, 3.05) is 0 Å². The zero-order valence-corrected chi connectivity index (χ0v) is 10.4. The molecule has 3 rings (SSSR count). The number of H-pyrrole nitrogens is 1. The Kier molecular flexibility index (Phi) is 2.65. The van der Waals surface area contributed by atoms with E-state index in [9.17, 15) is 25.0 Å². The fraction of sp³-hybridized carbons (Fsp3) is 0. The van der Waals surface area contributed by atoms with Crippen molar-refractivity contribution >= 4 is 33.2 Å². The zero-order chi connectivity index (χ0) is 15.1. The fourth-order valence-corrected chi connectivity index (χ4v) is 2.32. The van der Waals surface area contributed by atoms with Crippen LogP contribution in [0.4, 0.5) is 11.4 Å². The van der Waals surface area contributed by atoms with Gasteiger partial charge in [-0.15, -0.1) is 0 Å². The molecule has 0 amide bonds. The van der Waals surface area contributed by atoms with Gasteiger partial charge in [0.1, 0.15) is 5.39 Å². The number of hydrogen-bond donors (Lipinski definition) is 1. The lowest BCUT2D eigenvalue weighted by Crippen LogP contribution is -2.08. The fourth-order valence-electron chi connectivity index (χ4n) is 2.32. The highest BCUT2D eigenvalue weighted by atomic mass is 16.6. The number of pyridine rings is 1. The molecule has 8 heteroatoms. The molecule has 104 valence electrons. The van der Waals surface area contributed by atoms with Gasteiger partial charge in [-0.25, -0.2) is 0 Å². The maximum absolute atomic E-state index is 12.4. The molecule has 0 aliphatic rings. The molecule has 0 aliphatic heterocycles. The van der Waals surface area contributed by atoms with Gasteiger partial charge in [-0.1, -0.05) is 12.1 Å². The van der Waals surface area contributed by atoms with Crippen LogP contribution < -0.4 is 5.43 Å². The van der Waals surface area contributed by atoms with Gasteiger partial charge >= 0.3 is 11.4 Å². The Balaban J connectivity index is 2.61. The molecule has 1 heterocycles. The van der Waals surface area contributed by atoms with Gasteiger partial charge in [-0.05, 0) is 18.2 Å². The van der Waals surface area contributed by atoms with Crippen LogP contribution in [0, 0.1) is 20.2 Å². The predicted octanol–water partition coefficient (Wildman–Crippen LogP) is 2.50. The summed E-state index contributed by atoms with van der Waals surface area (Å²) in [6, 6.07) is 8.82. The second-order valence-corrected chi connectivity index (χ2v) is 4.37. The van der Waals surface area contributed by atoms with E-state index in [1.165, 1.54) is 12.1 Å². The van der Waals surface area contributed by atoms with Gasteiger partial charge in [-0.2, -0.15) is 0 Å². The standard InChI is InChI=1S/C13H7N3O5/c17-13-7-3-1-2-4-8(7)14-9-5-6-10(15(18)19)12(11(9)13)16(20)21/h1-6H,(H,14,17). The second-order valence-electron chi connectivity index (χ2n) is 4.37. The molecule has 2 aromatic carbocycles. The molecule has 1 aromatic heterocycles. The van der Waals surface area contributed by atoms with Gasteiger partial charge in [0.15, 0.2) is 0 Å². The third kappa shape index (κ3) is 1.81. The average molecular weight is 285 g/mol. The van der Waals surface area contributed by atoms with Crippen LogP contribution in [0.1, 0.15) is 0 Å². The first-order valence-corrected chi connectivity index (χ1v) is 5.87. The zero-order valence-electron chi connectivity index (χ0n) is 10.4. The molecular weight excluding hydrogens is 278 g/mol. The van der Waals surface area contributed by atoms with E-state index in [2.05, 4.69) is 4.98 Å². The van der Waals surface area contributed by atoms with Crippen LogP contribution in [0.25, 0.3) is 21.8 Å². The molecule has 0 unspecified atom stereocenters. The first-order valence-electron chi connectivity index (χ1n) is 5.87. The van der Waals surface area contributed by atoms with Crippen molar-refractivity contribution in [2.24, 2.45) is 0 Å². The molecule has 0 saturated heterocycles. The van der Waals surface area contributed by atoms with Gasteiger partial charge in [0, 0.05) is 17.0 Å². The van der Waals surface area contributed by atoms with Crippen molar-refractivity contribution < 1.29 is 9.85 Å². The van der Waals surface area contributed by atoms with Gasteiger partial charge in [0.25, 0.3) is 0 Å².